The Balaban J connectivity index is 2.43. The van der Waals surface area contributed by atoms with Crippen LogP contribution in [0.3, 0.4) is 0 Å². The molecule has 2 rings (SSSR count). The lowest BCUT2D eigenvalue weighted by molar-refractivity contribution is -0.116. The van der Waals surface area contributed by atoms with Gasteiger partial charge >= 0.3 is 0 Å². The maximum atomic E-state index is 11.0. The lowest BCUT2D eigenvalue weighted by atomic mass is 10.1. The summed E-state index contributed by atoms with van der Waals surface area (Å²) in [5.41, 5.74) is 2.51. The molecule has 4 nitrogen and oxygen atoms in total. The van der Waals surface area contributed by atoms with Crippen LogP contribution in [0.15, 0.2) is 24.4 Å². The van der Waals surface area contributed by atoms with E-state index in [1.807, 2.05) is 18.2 Å². The number of hydrogen-bond acceptors (Lipinski definition) is 4. The summed E-state index contributed by atoms with van der Waals surface area (Å²) < 4.78 is 4.99. The van der Waals surface area contributed by atoms with Gasteiger partial charge in [-0.15, -0.1) is 0 Å². The predicted octanol–water partition coefficient (Wildman–Crippen LogP) is 1.77. The van der Waals surface area contributed by atoms with Crippen molar-refractivity contribution >= 4 is 16.8 Å². The Hall–Kier alpha value is -1.97. The van der Waals surface area contributed by atoms with Crippen LogP contribution in [0.2, 0.25) is 0 Å². The number of carbonyl (C=O) groups is 1. The molecule has 16 heavy (non-hydrogen) atoms. The van der Waals surface area contributed by atoms with E-state index in [-0.39, 0.29) is 5.78 Å². The number of hydrogen-bond donors (Lipinski definition) is 0. The normalized spacial score (nSPS) is 10.4. The van der Waals surface area contributed by atoms with Crippen LogP contribution in [-0.2, 0) is 11.2 Å². The molecule has 1 aromatic carbocycles. The summed E-state index contributed by atoms with van der Waals surface area (Å²) in [7, 11) is 1.56. The van der Waals surface area contributed by atoms with E-state index in [2.05, 4.69) is 9.97 Å². The summed E-state index contributed by atoms with van der Waals surface area (Å²) in [5.74, 6) is 0.632. The molecule has 1 heterocycles. The number of nitrogens with zero attached hydrogens (tertiary/aromatic N) is 2. The van der Waals surface area contributed by atoms with Gasteiger partial charge in [-0.3, -0.25) is 4.79 Å². The SMILES string of the molecule is COc1cnc2cc(CC(C)=O)ccc2n1. The van der Waals surface area contributed by atoms with Crippen molar-refractivity contribution < 1.29 is 9.53 Å². The van der Waals surface area contributed by atoms with Crippen molar-refractivity contribution in [1.82, 2.24) is 9.97 Å². The van der Waals surface area contributed by atoms with Crippen LogP contribution in [0, 0.1) is 0 Å². The van der Waals surface area contributed by atoms with Crippen LogP contribution in [0.5, 0.6) is 5.88 Å². The molecule has 0 unspecified atom stereocenters. The summed E-state index contributed by atoms with van der Waals surface area (Å²) >= 11 is 0. The Bertz CT molecular complexity index is 538. The number of carbonyl (C=O) groups excluding carboxylic acids is 1. The molecule has 0 atom stereocenters. The first kappa shape index (κ1) is 10.5. The van der Waals surface area contributed by atoms with E-state index in [1.165, 1.54) is 0 Å². The zero-order valence-electron chi connectivity index (χ0n) is 9.23. The molecule has 1 aromatic heterocycles. The fraction of sp³-hybridized carbons (Fsp3) is 0.250. The highest BCUT2D eigenvalue weighted by atomic mass is 16.5. The lowest BCUT2D eigenvalue weighted by Gasteiger charge is -2.02. The van der Waals surface area contributed by atoms with Gasteiger partial charge in [-0.05, 0) is 24.6 Å². The van der Waals surface area contributed by atoms with E-state index < -0.39 is 0 Å². The van der Waals surface area contributed by atoms with E-state index in [9.17, 15) is 4.79 Å². The number of rotatable bonds is 3. The number of benzene rings is 1. The first-order chi connectivity index (χ1) is 7.69. The van der Waals surface area contributed by atoms with Crippen LogP contribution < -0.4 is 4.74 Å². The Kier molecular flexibility index (Phi) is 2.81. The second-order valence-corrected chi connectivity index (χ2v) is 3.61. The number of fused-ring (bicyclic) bond motifs is 1. The number of aromatic nitrogens is 2. The molecular weight excluding hydrogens is 204 g/mol. The molecule has 0 N–H and O–H groups in total. The van der Waals surface area contributed by atoms with Gasteiger partial charge in [0.15, 0.2) is 0 Å². The maximum Gasteiger partial charge on any atom is 0.232 e. The number of Topliss-reactive ketones (excluding diaryl/α,β-unsaturated/α-hetero) is 1. The van der Waals surface area contributed by atoms with Gasteiger partial charge in [-0.25, -0.2) is 9.97 Å². The fourth-order valence-electron chi connectivity index (χ4n) is 1.54. The second-order valence-electron chi connectivity index (χ2n) is 3.61. The first-order valence-corrected chi connectivity index (χ1v) is 4.98. The third-order valence-electron chi connectivity index (χ3n) is 2.25. The molecule has 0 spiro atoms. The highest BCUT2D eigenvalue weighted by Gasteiger charge is 2.02. The maximum absolute atomic E-state index is 11.0. The molecule has 0 saturated heterocycles. The Morgan fingerprint density at radius 1 is 1.38 bits per heavy atom. The van der Waals surface area contributed by atoms with E-state index in [0.717, 1.165) is 16.6 Å². The van der Waals surface area contributed by atoms with E-state index in [0.29, 0.717) is 12.3 Å². The van der Waals surface area contributed by atoms with Crippen molar-refractivity contribution in [2.24, 2.45) is 0 Å². The minimum atomic E-state index is 0.140. The van der Waals surface area contributed by atoms with Gasteiger partial charge in [0.25, 0.3) is 0 Å². The van der Waals surface area contributed by atoms with E-state index in [4.69, 9.17) is 4.74 Å². The number of methoxy groups -OCH3 is 1. The molecule has 82 valence electrons. The average Bonchev–Trinajstić information content (AvgIpc) is 2.27. The second kappa shape index (κ2) is 4.26. The van der Waals surface area contributed by atoms with Crippen molar-refractivity contribution in [3.8, 4) is 5.88 Å². The highest BCUT2D eigenvalue weighted by molar-refractivity contribution is 5.81. The Labute approximate surface area is 93.3 Å². The van der Waals surface area contributed by atoms with Crippen molar-refractivity contribution in [3.63, 3.8) is 0 Å². The third-order valence-corrected chi connectivity index (χ3v) is 2.25. The van der Waals surface area contributed by atoms with Gasteiger partial charge in [-0.2, -0.15) is 0 Å². The summed E-state index contributed by atoms with van der Waals surface area (Å²) in [6.45, 7) is 1.57. The first-order valence-electron chi connectivity index (χ1n) is 4.98. The molecule has 0 amide bonds. The van der Waals surface area contributed by atoms with Gasteiger partial charge in [-0.1, -0.05) is 6.07 Å². The fourth-order valence-corrected chi connectivity index (χ4v) is 1.54. The van der Waals surface area contributed by atoms with Crippen LogP contribution in [0.25, 0.3) is 11.0 Å². The molecule has 0 fully saturated rings. The van der Waals surface area contributed by atoms with Gasteiger partial charge in [0.1, 0.15) is 5.78 Å². The predicted molar refractivity (Wildman–Crippen MR) is 60.5 cm³/mol. The molecule has 0 aliphatic rings. The molecular formula is C12H12N2O2. The summed E-state index contributed by atoms with van der Waals surface area (Å²) in [6, 6.07) is 5.62. The van der Waals surface area contributed by atoms with Crippen molar-refractivity contribution in [2.75, 3.05) is 7.11 Å². The summed E-state index contributed by atoms with van der Waals surface area (Å²) in [6.07, 6.45) is 2.00. The number of ketones is 1. The van der Waals surface area contributed by atoms with Crippen molar-refractivity contribution in [3.05, 3.63) is 30.0 Å². The Morgan fingerprint density at radius 2 is 2.19 bits per heavy atom. The zero-order chi connectivity index (χ0) is 11.5. The molecule has 0 bridgehead atoms. The van der Waals surface area contributed by atoms with Gasteiger partial charge in [0.2, 0.25) is 5.88 Å². The van der Waals surface area contributed by atoms with E-state index >= 15 is 0 Å². The van der Waals surface area contributed by atoms with Gasteiger partial charge < -0.3 is 4.74 Å². The van der Waals surface area contributed by atoms with E-state index in [1.54, 1.807) is 20.2 Å². The number of ether oxygens (including phenoxy) is 1. The third kappa shape index (κ3) is 2.16. The summed E-state index contributed by atoms with van der Waals surface area (Å²) in [4.78, 5) is 19.5. The summed E-state index contributed by atoms with van der Waals surface area (Å²) in [5, 5.41) is 0. The standard InChI is InChI=1S/C12H12N2O2/c1-8(15)5-9-3-4-10-11(6-9)13-7-12(14-10)16-2/h3-4,6-7H,5H2,1-2H3. The Morgan fingerprint density at radius 3 is 2.88 bits per heavy atom. The molecule has 0 radical (unpaired) electrons. The van der Waals surface area contributed by atoms with Crippen molar-refractivity contribution in [1.29, 1.82) is 0 Å². The largest absolute Gasteiger partial charge is 0.480 e. The van der Waals surface area contributed by atoms with Crippen LogP contribution >= 0.6 is 0 Å². The van der Waals surface area contributed by atoms with Crippen LogP contribution in [-0.4, -0.2) is 22.9 Å². The lowest BCUT2D eigenvalue weighted by Crippen LogP contribution is -1.97. The highest BCUT2D eigenvalue weighted by Crippen LogP contribution is 2.15. The zero-order valence-corrected chi connectivity index (χ0v) is 9.23. The smallest absolute Gasteiger partial charge is 0.232 e. The van der Waals surface area contributed by atoms with Gasteiger partial charge in [0.05, 0.1) is 24.3 Å². The molecule has 0 aliphatic carbocycles. The van der Waals surface area contributed by atoms with Crippen LogP contribution in [0.1, 0.15) is 12.5 Å². The van der Waals surface area contributed by atoms with Crippen LogP contribution in [0.4, 0.5) is 0 Å². The molecule has 4 heteroatoms. The quantitative estimate of drug-likeness (QED) is 0.784. The monoisotopic (exact) mass is 216 g/mol. The molecule has 2 aromatic rings. The molecule has 0 aliphatic heterocycles. The molecule has 0 saturated carbocycles. The van der Waals surface area contributed by atoms with Crippen molar-refractivity contribution in [2.45, 2.75) is 13.3 Å². The van der Waals surface area contributed by atoms with Gasteiger partial charge in [0, 0.05) is 6.42 Å². The minimum absolute atomic E-state index is 0.140. The minimum Gasteiger partial charge on any atom is -0.480 e. The average molecular weight is 216 g/mol. The topological polar surface area (TPSA) is 52.1 Å².